The third kappa shape index (κ3) is 3.46. The van der Waals surface area contributed by atoms with Gasteiger partial charge in [-0.1, -0.05) is 33.6 Å². The molecular weight excluding hydrogens is 196 g/mol. The Balaban J connectivity index is 2.64. The average molecular weight is 226 g/mol. The summed E-state index contributed by atoms with van der Waals surface area (Å²) < 4.78 is 0. The molecule has 2 heteroatoms. The number of rotatable bonds is 5. The van der Waals surface area contributed by atoms with E-state index in [1.807, 2.05) is 0 Å². The molecule has 96 valence electrons. The van der Waals surface area contributed by atoms with Gasteiger partial charge in [0, 0.05) is 31.2 Å². The summed E-state index contributed by atoms with van der Waals surface area (Å²) in [5.74, 6) is 0.805. The lowest BCUT2D eigenvalue weighted by Crippen LogP contribution is -2.60. The monoisotopic (exact) mass is 226 g/mol. The molecule has 1 rings (SSSR count). The first-order valence-corrected chi connectivity index (χ1v) is 7.09. The molecule has 1 N–H and O–H groups in total. The minimum absolute atomic E-state index is 0.652. The van der Waals surface area contributed by atoms with Gasteiger partial charge < -0.3 is 5.32 Å². The van der Waals surface area contributed by atoms with Crippen molar-refractivity contribution in [2.24, 2.45) is 5.92 Å². The van der Waals surface area contributed by atoms with Crippen molar-refractivity contribution in [1.82, 2.24) is 10.2 Å². The largest absolute Gasteiger partial charge is 0.311 e. The summed E-state index contributed by atoms with van der Waals surface area (Å²) in [6.07, 6.45) is 3.92. The van der Waals surface area contributed by atoms with E-state index in [2.05, 4.69) is 44.8 Å². The Labute approximate surface area is 102 Å². The Kier molecular flexibility index (Phi) is 5.77. The van der Waals surface area contributed by atoms with Gasteiger partial charge in [0.15, 0.2) is 0 Å². The van der Waals surface area contributed by atoms with Crippen molar-refractivity contribution in [1.29, 1.82) is 0 Å². The molecule has 2 nitrogen and oxygen atoms in total. The molecule has 0 amide bonds. The maximum atomic E-state index is 3.63. The highest BCUT2D eigenvalue weighted by Crippen LogP contribution is 2.22. The molecular formula is C14H30N2. The van der Waals surface area contributed by atoms with Gasteiger partial charge in [0.1, 0.15) is 0 Å². The molecule has 16 heavy (non-hydrogen) atoms. The van der Waals surface area contributed by atoms with Crippen molar-refractivity contribution < 1.29 is 0 Å². The van der Waals surface area contributed by atoms with E-state index in [0.29, 0.717) is 6.04 Å². The number of nitrogens with one attached hydrogen (secondary N) is 1. The minimum Gasteiger partial charge on any atom is -0.311 e. The highest BCUT2D eigenvalue weighted by molar-refractivity contribution is 4.89. The molecule has 1 saturated heterocycles. The van der Waals surface area contributed by atoms with Crippen LogP contribution < -0.4 is 5.32 Å². The molecule has 0 aromatic heterocycles. The zero-order valence-electron chi connectivity index (χ0n) is 11.8. The van der Waals surface area contributed by atoms with Crippen LogP contribution in [0, 0.1) is 5.92 Å². The second kappa shape index (κ2) is 6.61. The Morgan fingerprint density at radius 3 is 2.56 bits per heavy atom. The average Bonchev–Trinajstić information content (AvgIpc) is 2.28. The standard InChI is InChI=1S/C14H30N2/c1-6-8-13(5)16-10-12(4)15-9-14(16)11(3)7-2/h11-15H,6-10H2,1-5H3. The van der Waals surface area contributed by atoms with Crippen molar-refractivity contribution in [3.8, 4) is 0 Å². The summed E-state index contributed by atoms with van der Waals surface area (Å²) in [5, 5.41) is 3.63. The molecule has 1 aliphatic heterocycles. The number of piperazine rings is 1. The van der Waals surface area contributed by atoms with Gasteiger partial charge in [0.2, 0.25) is 0 Å². The SMILES string of the molecule is CCCC(C)N1CC(C)NCC1C(C)CC. The van der Waals surface area contributed by atoms with Gasteiger partial charge in [0.25, 0.3) is 0 Å². The van der Waals surface area contributed by atoms with Crippen LogP contribution in [0.15, 0.2) is 0 Å². The number of hydrogen-bond donors (Lipinski definition) is 1. The molecule has 0 bridgehead atoms. The molecule has 0 radical (unpaired) electrons. The van der Waals surface area contributed by atoms with E-state index in [4.69, 9.17) is 0 Å². The van der Waals surface area contributed by atoms with E-state index in [-0.39, 0.29) is 0 Å². The van der Waals surface area contributed by atoms with Crippen LogP contribution in [0.2, 0.25) is 0 Å². The van der Waals surface area contributed by atoms with Crippen molar-refractivity contribution in [3.05, 3.63) is 0 Å². The maximum Gasteiger partial charge on any atom is 0.0249 e. The Morgan fingerprint density at radius 1 is 1.31 bits per heavy atom. The Bertz CT molecular complexity index is 193. The normalized spacial score (nSPS) is 31.3. The minimum atomic E-state index is 0.652. The lowest BCUT2D eigenvalue weighted by Gasteiger charge is -2.45. The summed E-state index contributed by atoms with van der Waals surface area (Å²) in [5.41, 5.74) is 0. The van der Waals surface area contributed by atoms with Crippen LogP contribution in [-0.4, -0.2) is 36.1 Å². The van der Waals surface area contributed by atoms with Gasteiger partial charge in [-0.15, -0.1) is 0 Å². The van der Waals surface area contributed by atoms with Crippen molar-refractivity contribution >= 4 is 0 Å². The number of hydrogen-bond acceptors (Lipinski definition) is 2. The van der Waals surface area contributed by atoms with E-state index in [1.165, 1.54) is 32.4 Å². The van der Waals surface area contributed by atoms with Crippen molar-refractivity contribution in [2.75, 3.05) is 13.1 Å². The lowest BCUT2D eigenvalue weighted by atomic mass is 9.92. The summed E-state index contributed by atoms with van der Waals surface area (Å²) in [6, 6.07) is 2.14. The van der Waals surface area contributed by atoms with Gasteiger partial charge in [-0.25, -0.2) is 0 Å². The molecule has 0 saturated carbocycles. The van der Waals surface area contributed by atoms with E-state index >= 15 is 0 Å². The zero-order chi connectivity index (χ0) is 12.1. The predicted molar refractivity (Wildman–Crippen MR) is 71.8 cm³/mol. The first-order valence-electron chi connectivity index (χ1n) is 7.09. The molecule has 0 spiro atoms. The third-order valence-electron chi connectivity index (χ3n) is 4.16. The quantitative estimate of drug-likeness (QED) is 0.775. The second-order valence-electron chi connectivity index (χ2n) is 5.60. The van der Waals surface area contributed by atoms with Crippen LogP contribution in [0.1, 0.15) is 53.9 Å². The molecule has 1 heterocycles. The maximum absolute atomic E-state index is 3.63. The molecule has 4 atom stereocenters. The second-order valence-corrected chi connectivity index (χ2v) is 5.60. The van der Waals surface area contributed by atoms with Crippen LogP contribution in [0.4, 0.5) is 0 Å². The molecule has 0 aliphatic carbocycles. The summed E-state index contributed by atoms with van der Waals surface area (Å²) in [7, 11) is 0. The van der Waals surface area contributed by atoms with E-state index < -0.39 is 0 Å². The molecule has 4 unspecified atom stereocenters. The van der Waals surface area contributed by atoms with Crippen LogP contribution >= 0.6 is 0 Å². The Hall–Kier alpha value is -0.0800. The predicted octanol–water partition coefficient (Wildman–Crippen LogP) is 2.88. The highest BCUT2D eigenvalue weighted by atomic mass is 15.3. The van der Waals surface area contributed by atoms with Gasteiger partial charge in [-0.2, -0.15) is 0 Å². The van der Waals surface area contributed by atoms with Gasteiger partial charge in [0.05, 0.1) is 0 Å². The first-order chi connectivity index (χ1) is 7.60. The molecule has 0 aromatic carbocycles. The van der Waals surface area contributed by atoms with Crippen molar-refractivity contribution in [3.63, 3.8) is 0 Å². The van der Waals surface area contributed by atoms with E-state index in [9.17, 15) is 0 Å². The zero-order valence-corrected chi connectivity index (χ0v) is 11.8. The van der Waals surface area contributed by atoms with Crippen LogP contribution in [0.3, 0.4) is 0 Å². The first kappa shape index (κ1) is 14.0. The molecule has 0 aromatic rings. The van der Waals surface area contributed by atoms with Crippen LogP contribution in [0.5, 0.6) is 0 Å². The molecule has 1 aliphatic rings. The van der Waals surface area contributed by atoms with E-state index in [0.717, 1.165) is 18.0 Å². The fourth-order valence-corrected chi connectivity index (χ4v) is 2.85. The van der Waals surface area contributed by atoms with Gasteiger partial charge >= 0.3 is 0 Å². The Morgan fingerprint density at radius 2 is 2.00 bits per heavy atom. The topological polar surface area (TPSA) is 15.3 Å². The lowest BCUT2D eigenvalue weighted by molar-refractivity contribution is 0.0565. The third-order valence-corrected chi connectivity index (χ3v) is 4.16. The fourth-order valence-electron chi connectivity index (χ4n) is 2.85. The van der Waals surface area contributed by atoms with Gasteiger partial charge in [-0.3, -0.25) is 4.90 Å². The fraction of sp³-hybridized carbons (Fsp3) is 1.00. The van der Waals surface area contributed by atoms with Gasteiger partial charge in [-0.05, 0) is 26.2 Å². The number of nitrogens with zero attached hydrogens (tertiary/aromatic N) is 1. The van der Waals surface area contributed by atoms with E-state index in [1.54, 1.807) is 0 Å². The summed E-state index contributed by atoms with van der Waals surface area (Å²) >= 11 is 0. The van der Waals surface area contributed by atoms with Crippen LogP contribution in [0.25, 0.3) is 0 Å². The van der Waals surface area contributed by atoms with Crippen molar-refractivity contribution in [2.45, 2.75) is 72.0 Å². The highest BCUT2D eigenvalue weighted by Gasteiger charge is 2.31. The summed E-state index contributed by atoms with van der Waals surface area (Å²) in [6.45, 7) is 14.1. The van der Waals surface area contributed by atoms with Crippen LogP contribution in [-0.2, 0) is 0 Å². The smallest absolute Gasteiger partial charge is 0.0249 e. The summed E-state index contributed by atoms with van der Waals surface area (Å²) in [4.78, 5) is 2.75. The molecule has 1 fully saturated rings.